The molecule has 0 unspecified atom stereocenters. The Hall–Kier alpha value is -2.09. The second kappa shape index (κ2) is 4.62. The number of carbonyl (C=O) groups is 1. The third-order valence-corrected chi connectivity index (χ3v) is 2.54. The lowest BCUT2D eigenvalue weighted by atomic mass is 10.2. The highest BCUT2D eigenvalue weighted by Gasteiger charge is 2.03. The quantitative estimate of drug-likeness (QED) is 0.726. The van der Waals surface area contributed by atoms with Crippen LogP contribution in [0, 0.1) is 0 Å². The molecule has 2 heteroatoms. The number of benzene rings is 2. The predicted molar refractivity (Wildman–Crippen MR) is 66.3 cm³/mol. The average molecular weight is 211 g/mol. The number of carbonyl (C=O) groups excluding carboxylic acids is 1. The summed E-state index contributed by atoms with van der Waals surface area (Å²) in [6.45, 7) is 0. The van der Waals surface area contributed by atoms with Gasteiger partial charge in [0, 0.05) is 24.0 Å². The minimum absolute atomic E-state index is 0.695. The Balaban J connectivity index is 2.34. The molecule has 0 heterocycles. The van der Waals surface area contributed by atoms with Crippen LogP contribution in [0.3, 0.4) is 0 Å². The maximum atomic E-state index is 10.7. The van der Waals surface area contributed by atoms with Crippen LogP contribution in [0.1, 0.15) is 10.4 Å². The minimum Gasteiger partial charge on any atom is -0.345 e. The third-order valence-electron chi connectivity index (χ3n) is 2.54. The van der Waals surface area contributed by atoms with Gasteiger partial charge in [0.25, 0.3) is 0 Å². The number of anilines is 2. The van der Waals surface area contributed by atoms with E-state index in [2.05, 4.69) is 0 Å². The summed E-state index contributed by atoms with van der Waals surface area (Å²) in [5.41, 5.74) is 2.81. The van der Waals surface area contributed by atoms with E-state index in [4.69, 9.17) is 0 Å². The fraction of sp³-hybridized carbons (Fsp3) is 0.0714. The van der Waals surface area contributed by atoms with Gasteiger partial charge in [-0.25, -0.2) is 0 Å². The van der Waals surface area contributed by atoms with Crippen LogP contribution in [-0.4, -0.2) is 13.3 Å². The molecule has 0 bridgehead atoms. The lowest BCUT2D eigenvalue weighted by Gasteiger charge is -2.19. The van der Waals surface area contributed by atoms with Crippen molar-refractivity contribution >= 4 is 17.7 Å². The predicted octanol–water partition coefficient (Wildman–Crippen LogP) is 3.27. The number of para-hydroxylation sites is 1. The van der Waals surface area contributed by atoms with E-state index < -0.39 is 0 Å². The van der Waals surface area contributed by atoms with Crippen molar-refractivity contribution in [2.24, 2.45) is 0 Å². The fourth-order valence-electron chi connectivity index (χ4n) is 1.61. The normalized spacial score (nSPS) is 9.81. The van der Waals surface area contributed by atoms with Crippen molar-refractivity contribution in [2.75, 3.05) is 11.9 Å². The Morgan fingerprint density at radius 1 is 0.938 bits per heavy atom. The molecule has 0 aliphatic carbocycles. The van der Waals surface area contributed by atoms with Gasteiger partial charge >= 0.3 is 0 Å². The summed E-state index contributed by atoms with van der Waals surface area (Å²) < 4.78 is 0. The van der Waals surface area contributed by atoms with Gasteiger partial charge in [-0.3, -0.25) is 4.79 Å². The zero-order chi connectivity index (χ0) is 11.4. The second-order valence-corrected chi connectivity index (χ2v) is 3.61. The zero-order valence-electron chi connectivity index (χ0n) is 9.13. The lowest BCUT2D eigenvalue weighted by molar-refractivity contribution is 0.112. The largest absolute Gasteiger partial charge is 0.345 e. The molecule has 0 spiro atoms. The Morgan fingerprint density at radius 3 is 2.31 bits per heavy atom. The summed E-state index contributed by atoms with van der Waals surface area (Å²) >= 11 is 0. The summed E-state index contributed by atoms with van der Waals surface area (Å²) in [6, 6.07) is 17.6. The molecule has 0 amide bonds. The molecule has 16 heavy (non-hydrogen) atoms. The lowest BCUT2D eigenvalue weighted by Crippen LogP contribution is -2.09. The summed E-state index contributed by atoms with van der Waals surface area (Å²) in [6.07, 6.45) is 0.863. The molecule has 0 radical (unpaired) electrons. The summed E-state index contributed by atoms with van der Waals surface area (Å²) in [4.78, 5) is 12.7. The zero-order valence-corrected chi connectivity index (χ0v) is 9.13. The molecule has 0 fully saturated rings. The molecule has 2 aromatic carbocycles. The third kappa shape index (κ3) is 2.11. The first-order valence-corrected chi connectivity index (χ1v) is 5.15. The van der Waals surface area contributed by atoms with Crippen LogP contribution in [0.15, 0.2) is 54.6 Å². The van der Waals surface area contributed by atoms with Gasteiger partial charge in [-0.2, -0.15) is 0 Å². The first kappa shape index (κ1) is 10.4. The van der Waals surface area contributed by atoms with Gasteiger partial charge in [0.2, 0.25) is 0 Å². The first-order valence-electron chi connectivity index (χ1n) is 5.15. The molecule has 0 atom stereocenters. The second-order valence-electron chi connectivity index (χ2n) is 3.61. The van der Waals surface area contributed by atoms with Gasteiger partial charge in [-0.1, -0.05) is 30.3 Å². The molecule has 2 rings (SSSR count). The van der Waals surface area contributed by atoms with E-state index in [9.17, 15) is 4.79 Å². The van der Waals surface area contributed by atoms with Crippen LogP contribution in [-0.2, 0) is 0 Å². The van der Waals surface area contributed by atoms with Crippen molar-refractivity contribution in [1.29, 1.82) is 0 Å². The van der Waals surface area contributed by atoms with E-state index in [-0.39, 0.29) is 0 Å². The molecule has 0 aliphatic rings. The van der Waals surface area contributed by atoms with E-state index in [1.807, 2.05) is 60.5 Å². The Morgan fingerprint density at radius 2 is 1.62 bits per heavy atom. The number of nitrogens with zero attached hydrogens (tertiary/aromatic N) is 1. The number of aldehydes is 1. The van der Waals surface area contributed by atoms with Gasteiger partial charge in [0.05, 0.1) is 0 Å². The first-order chi connectivity index (χ1) is 7.81. The van der Waals surface area contributed by atoms with Crippen molar-refractivity contribution in [3.63, 3.8) is 0 Å². The SMILES string of the molecule is CN(c1ccccc1)c1cccc(C=O)c1. The summed E-state index contributed by atoms with van der Waals surface area (Å²) in [5, 5.41) is 0. The Kier molecular flexibility index (Phi) is 3.01. The van der Waals surface area contributed by atoms with Crippen LogP contribution in [0.25, 0.3) is 0 Å². The molecule has 2 aromatic rings. The van der Waals surface area contributed by atoms with Crippen molar-refractivity contribution < 1.29 is 4.79 Å². The molecule has 80 valence electrons. The van der Waals surface area contributed by atoms with Crippen molar-refractivity contribution in [1.82, 2.24) is 0 Å². The monoisotopic (exact) mass is 211 g/mol. The van der Waals surface area contributed by atoms with Crippen LogP contribution >= 0.6 is 0 Å². The molecule has 2 nitrogen and oxygen atoms in total. The fourth-order valence-corrected chi connectivity index (χ4v) is 1.61. The van der Waals surface area contributed by atoms with Crippen LogP contribution < -0.4 is 4.90 Å². The van der Waals surface area contributed by atoms with E-state index in [0.717, 1.165) is 17.7 Å². The molecular formula is C14H13NO. The molecule has 0 N–H and O–H groups in total. The van der Waals surface area contributed by atoms with Crippen LogP contribution in [0.4, 0.5) is 11.4 Å². The van der Waals surface area contributed by atoms with Gasteiger partial charge in [-0.05, 0) is 24.3 Å². The standard InChI is InChI=1S/C14H13NO/c1-15(13-7-3-2-4-8-13)14-9-5-6-12(10-14)11-16/h2-11H,1H3. The van der Waals surface area contributed by atoms with Gasteiger partial charge in [-0.15, -0.1) is 0 Å². The van der Waals surface area contributed by atoms with Crippen molar-refractivity contribution in [3.8, 4) is 0 Å². The number of hydrogen-bond donors (Lipinski definition) is 0. The minimum atomic E-state index is 0.695. The van der Waals surface area contributed by atoms with Crippen molar-refractivity contribution in [2.45, 2.75) is 0 Å². The maximum absolute atomic E-state index is 10.7. The van der Waals surface area contributed by atoms with Crippen LogP contribution in [0.2, 0.25) is 0 Å². The van der Waals surface area contributed by atoms with Gasteiger partial charge < -0.3 is 4.90 Å². The van der Waals surface area contributed by atoms with E-state index in [1.165, 1.54) is 0 Å². The number of hydrogen-bond acceptors (Lipinski definition) is 2. The van der Waals surface area contributed by atoms with Gasteiger partial charge in [0.15, 0.2) is 0 Å². The Labute approximate surface area is 95.1 Å². The molecular weight excluding hydrogens is 198 g/mol. The highest BCUT2D eigenvalue weighted by atomic mass is 16.1. The maximum Gasteiger partial charge on any atom is 0.150 e. The highest BCUT2D eigenvalue weighted by molar-refractivity contribution is 5.78. The topological polar surface area (TPSA) is 20.3 Å². The van der Waals surface area contributed by atoms with Crippen molar-refractivity contribution in [3.05, 3.63) is 60.2 Å². The summed E-state index contributed by atoms with van der Waals surface area (Å²) in [7, 11) is 1.99. The number of rotatable bonds is 3. The molecule has 0 aromatic heterocycles. The molecule has 0 aliphatic heterocycles. The van der Waals surface area contributed by atoms with Crippen LogP contribution in [0.5, 0.6) is 0 Å². The van der Waals surface area contributed by atoms with E-state index in [1.54, 1.807) is 6.07 Å². The average Bonchev–Trinajstić information content (AvgIpc) is 2.39. The van der Waals surface area contributed by atoms with E-state index in [0.29, 0.717) is 5.56 Å². The molecule has 0 saturated carbocycles. The van der Waals surface area contributed by atoms with Gasteiger partial charge in [0.1, 0.15) is 6.29 Å². The molecule has 0 saturated heterocycles. The Bertz CT molecular complexity index is 479. The smallest absolute Gasteiger partial charge is 0.150 e. The van der Waals surface area contributed by atoms with E-state index >= 15 is 0 Å². The summed E-state index contributed by atoms with van der Waals surface area (Å²) in [5.74, 6) is 0. The highest BCUT2D eigenvalue weighted by Crippen LogP contribution is 2.23.